The topological polar surface area (TPSA) is 7.12 Å². The van der Waals surface area contributed by atoms with Crippen molar-refractivity contribution in [2.75, 3.05) is 11.9 Å². The second-order valence-corrected chi connectivity index (χ2v) is 9.92. The lowest BCUT2D eigenvalue weighted by atomic mass is 10.1. The average molecular weight is 565 g/mol. The number of nitrogens with zero attached hydrogens (tertiary/aromatic N) is 2. The van der Waals surface area contributed by atoms with Gasteiger partial charge in [0.2, 0.25) is 5.52 Å². The van der Waals surface area contributed by atoms with Gasteiger partial charge in [0.05, 0.1) is 16.1 Å². The molecule has 0 fully saturated rings. The van der Waals surface area contributed by atoms with Gasteiger partial charge in [-0.05, 0) is 35.0 Å². The van der Waals surface area contributed by atoms with E-state index in [2.05, 4.69) is 115 Å². The molecule has 5 aromatic rings. The van der Waals surface area contributed by atoms with Crippen LogP contribution in [0.4, 0.5) is 5.69 Å². The molecular formula is C27H21IN2S2. The number of aryl methyl sites for hydroxylation is 1. The summed E-state index contributed by atoms with van der Waals surface area (Å²) in [5.41, 5.74) is 2.61. The number of hydrogen-bond donors (Lipinski definition) is 0. The highest BCUT2D eigenvalue weighted by atomic mass is 127. The van der Waals surface area contributed by atoms with Crippen molar-refractivity contribution in [2.45, 2.75) is 4.90 Å². The summed E-state index contributed by atoms with van der Waals surface area (Å²) in [4.78, 5) is 3.63. The van der Waals surface area contributed by atoms with Crippen LogP contribution in [0.3, 0.4) is 0 Å². The first-order chi connectivity index (χ1) is 15.2. The molecule has 1 aliphatic rings. The summed E-state index contributed by atoms with van der Waals surface area (Å²) in [7, 11) is 4.33. The maximum atomic E-state index is 2.31. The number of halogens is 1. The largest absolute Gasteiger partial charge is 1.00 e. The Kier molecular flexibility index (Phi) is 5.73. The minimum Gasteiger partial charge on any atom is -1.00 e. The molecule has 4 aromatic carbocycles. The van der Waals surface area contributed by atoms with Gasteiger partial charge in [-0.1, -0.05) is 83.8 Å². The molecule has 0 aliphatic carbocycles. The highest BCUT2D eigenvalue weighted by Gasteiger charge is 2.23. The van der Waals surface area contributed by atoms with Crippen molar-refractivity contribution in [3.8, 4) is 0 Å². The van der Waals surface area contributed by atoms with Crippen molar-refractivity contribution in [3.63, 3.8) is 0 Å². The first kappa shape index (κ1) is 21.5. The highest BCUT2D eigenvalue weighted by molar-refractivity contribution is 8.03. The normalized spacial score (nSPS) is 14.7. The molecule has 32 heavy (non-hydrogen) atoms. The second kappa shape index (κ2) is 8.54. The summed E-state index contributed by atoms with van der Waals surface area (Å²) >= 11 is 3.68. The Bertz CT molecular complexity index is 1550. The Morgan fingerprint density at radius 3 is 2.34 bits per heavy atom. The highest BCUT2D eigenvalue weighted by Crippen LogP contribution is 2.48. The van der Waals surface area contributed by atoms with E-state index in [0.29, 0.717) is 0 Å². The van der Waals surface area contributed by atoms with Gasteiger partial charge in [0.25, 0.3) is 5.01 Å². The Morgan fingerprint density at radius 1 is 0.844 bits per heavy atom. The first-order valence-corrected chi connectivity index (χ1v) is 12.0. The molecule has 0 amide bonds. The smallest absolute Gasteiger partial charge is 0.262 e. The standard InChI is InChI=1S/C27H21N2S2.HI/c1-28-24(30-22-16-14-18-8-3-5-10-20(18)26(22)28)12-7-13-25-29(2)27-21-11-6-4-9-19(21)15-17-23(27)31-25;/h3-17H,1-2H3;1H/q+1;/p-1. The van der Waals surface area contributed by atoms with Crippen LogP contribution in [0.1, 0.15) is 5.01 Å². The number of allylic oxidation sites excluding steroid dienone is 2. The van der Waals surface area contributed by atoms with Crippen molar-refractivity contribution in [3.05, 3.63) is 95.0 Å². The third-order valence-corrected chi connectivity index (χ3v) is 8.30. The second-order valence-electron chi connectivity index (χ2n) is 7.79. The molecular weight excluding hydrogens is 543 g/mol. The van der Waals surface area contributed by atoms with E-state index < -0.39 is 0 Å². The predicted octanol–water partition coefficient (Wildman–Crippen LogP) is 4.13. The van der Waals surface area contributed by atoms with Crippen LogP contribution < -0.4 is 33.4 Å². The lowest BCUT2D eigenvalue weighted by molar-refractivity contribution is -0.641. The molecule has 1 aromatic heterocycles. The molecule has 0 saturated carbocycles. The van der Waals surface area contributed by atoms with Crippen LogP contribution in [0.15, 0.2) is 94.9 Å². The first-order valence-electron chi connectivity index (χ1n) is 10.3. The van der Waals surface area contributed by atoms with Gasteiger partial charge in [-0.15, -0.1) is 0 Å². The van der Waals surface area contributed by atoms with E-state index in [1.165, 1.54) is 52.4 Å². The molecule has 0 saturated heterocycles. The Hall–Kier alpha value is -2.35. The molecule has 0 spiro atoms. The zero-order valence-corrected chi connectivity index (χ0v) is 21.5. The predicted molar refractivity (Wildman–Crippen MR) is 136 cm³/mol. The van der Waals surface area contributed by atoms with Crippen LogP contribution in [0.2, 0.25) is 0 Å². The molecule has 0 bridgehead atoms. The summed E-state index contributed by atoms with van der Waals surface area (Å²) in [6.45, 7) is 0. The summed E-state index contributed by atoms with van der Waals surface area (Å²) < 4.78 is 3.63. The van der Waals surface area contributed by atoms with Gasteiger partial charge in [0, 0.05) is 23.4 Å². The molecule has 1 aliphatic heterocycles. The van der Waals surface area contributed by atoms with Crippen LogP contribution in [0.5, 0.6) is 0 Å². The van der Waals surface area contributed by atoms with E-state index in [9.17, 15) is 0 Å². The van der Waals surface area contributed by atoms with Gasteiger partial charge >= 0.3 is 0 Å². The zero-order valence-electron chi connectivity index (χ0n) is 17.7. The van der Waals surface area contributed by atoms with E-state index >= 15 is 0 Å². The fourth-order valence-corrected chi connectivity index (χ4v) is 6.57. The van der Waals surface area contributed by atoms with Crippen LogP contribution in [0.25, 0.3) is 37.8 Å². The van der Waals surface area contributed by atoms with Crippen molar-refractivity contribution in [1.29, 1.82) is 0 Å². The van der Waals surface area contributed by atoms with Gasteiger partial charge in [-0.2, -0.15) is 4.57 Å². The van der Waals surface area contributed by atoms with Crippen molar-refractivity contribution < 1.29 is 28.5 Å². The SMILES string of the molecule is CN1/C(=C/C=C/c2sc3ccc4ccccc4c3[n+]2C)Sc2ccc3ccccc3c21.[I-]. The van der Waals surface area contributed by atoms with Crippen molar-refractivity contribution in [2.24, 2.45) is 7.05 Å². The summed E-state index contributed by atoms with van der Waals surface area (Å²) in [5, 5.41) is 7.69. The number of fused-ring (bicyclic) bond motifs is 6. The number of hydrogen-bond acceptors (Lipinski definition) is 3. The Balaban J connectivity index is 0.00000216. The number of aromatic nitrogens is 1. The molecule has 5 heteroatoms. The van der Waals surface area contributed by atoms with Gasteiger partial charge in [-0.25, -0.2) is 0 Å². The Morgan fingerprint density at radius 2 is 1.53 bits per heavy atom. The number of rotatable bonds is 2. The lowest BCUT2D eigenvalue weighted by Crippen LogP contribution is -3.00. The van der Waals surface area contributed by atoms with Crippen LogP contribution in [-0.2, 0) is 7.05 Å². The lowest BCUT2D eigenvalue weighted by Gasteiger charge is -2.15. The minimum absolute atomic E-state index is 0. The molecule has 2 heterocycles. The number of thioether (sulfide) groups is 1. The van der Waals surface area contributed by atoms with E-state index in [0.717, 1.165) is 0 Å². The molecule has 2 nitrogen and oxygen atoms in total. The summed E-state index contributed by atoms with van der Waals surface area (Å²) in [6, 6.07) is 26.1. The molecule has 0 N–H and O–H groups in total. The maximum absolute atomic E-state index is 2.31. The van der Waals surface area contributed by atoms with Gasteiger partial charge in [0.15, 0.2) is 0 Å². The summed E-state index contributed by atoms with van der Waals surface area (Å²) in [6.07, 6.45) is 6.63. The summed E-state index contributed by atoms with van der Waals surface area (Å²) in [5.74, 6) is 0. The molecule has 0 radical (unpaired) electrons. The fraction of sp³-hybridized carbons (Fsp3) is 0.0741. The van der Waals surface area contributed by atoms with E-state index in [4.69, 9.17) is 0 Å². The minimum atomic E-state index is 0. The third kappa shape index (κ3) is 3.43. The van der Waals surface area contributed by atoms with Crippen LogP contribution >= 0.6 is 23.1 Å². The Labute approximate surface area is 212 Å². The van der Waals surface area contributed by atoms with Crippen LogP contribution in [-0.4, -0.2) is 7.05 Å². The van der Waals surface area contributed by atoms with Gasteiger partial charge in [0.1, 0.15) is 11.7 Å². The zero-order chi connectivity index (χ0) is 20.9. The molecule has 0 atom stereocenters. The number of anilines is 1. The van der Waals surface area contributed by atoms with E-state index in [-0.39, 0.29) is 24.0 Å². The number of benzene rings is 4. The van der Waals surface area contributed by atoms with Gasteiger partial charge < -0.3 is 28.9 Å². The fourth-order valence-electron chi connectivity index (χ4n) is 4.41. The third-order valence-electron chi connectivity index (χ3n) is 5.97. The van der Waals surface area contributed by atoms with E-state index in [1.54, 1.807) is 0 Å². The number of thiazole rings is 1. The van der Waals surface area contributed by atoms with Crippen molar-refractivity contribution >= 4 is 66.6 Å². The maximum Gasteiger partial charge on any atom is 0.262 e. The van der Waals surface area contributed by atoms with Gasteiger partial charge in [-0.3, -0.25) is 0 Å². The quantitative estimate of drug-likeness (QED) is 0.235. The monoisotopic (exact) mass is 564 g/mol. The molecule has 0 unspecified atom stereocenters. The van der Waals surface area contributed by atoms with Crippen LogP contribution in [0, 0.1) is 0 Å². The van der Waals surface area contributed by atoms with Crippen molar-refractivity contribution in [1.82, 2.24) is 0 Å². The molecule has 158 valence electrons. The van der Waals surface area contributed by atoms with E-state index in [1.807, 2.05) is 23.1 Å². The molecule has 6 rings (SSSR count). The average Bonchev–Trinajstić information content (AvgIpc) is 3.31.